The van der Waals surface area contributed by atoms with Crippen molar-refractivity contribution in [3.8, 4) is 0 Å². The summed E-state index contributed by atoms with van der Waals surface area (Å²) < 4.78 is 0. The quantitative estimate of drug-likeness (QED) is 0.673. The Morgan fingerprint density at radius 1 is 1.28 bits per heavy atom. The molecule has 0 radical (unpaired) electrons. The first-order valence-corrected chi connectivity index (χ1v) is 6.00. The van der Waals surface area contributed by atoms with Gasteiger partial charge in [-0.25, -0.2) is 0 Å². The number of rotatable bonds is 6. The van der Waals surface area contributed by atoms with E-state index in [2.05, 4.69) is 34.1 Å². The molecule has 18 heavy (non-hydrogen) atoms. The van der Waals surface area contributed by atoms with Gasteiger partial charge in [-0.2, -0.15) is 15.0 Å². The second kappa shape index (κ2) is 6.34. The zero-order valence-corrected chi connectivity index (χ0v) is 11.4. The summed E-state index contributed by atoms with van der Waals surface area (Å²) in [5.74, 6) is 1.50. The van der Waals surface area contributed by atoms with E-state index in [1.807, 2.05) is 14.1 Å². The van der Waals surface area contributed by atoms with Crippen molar-refractivity contribution in [1.82, 2.24) is 15.0 Å². The maximum absolute atomic E-state index is 9.03. The summed E-state index contributed by atoms with van der Waals surface area (Å²) in [6.07, 6.45) is 0.639. The van der Waals surface area contributed by atoms with Gasteiger partial charge in [0, 0.05) is 26.7 Å². The molecule has 0 saturated heterocycles. The SMILES string of the molecule is CC(C)C(CCO)Nc1nc(N)nc(N(C)C)n1. The second-order valence-electron chi connectivity index (χ2n) is 4.72. The van der Waals surface area contributed by atoms with E-state index in [4.69, 9.17) is 10.8 Å². The van der Waals surface area contributed by atoms with Crippen molar-refractivity contribution in [3.63, 3.8) is 0 Å². The van der Waals surface area contributed by atoms with E-state index in [-0.39, 0.29) is 18.6 Å². The molecule has 4 N–H and O–H groups in total. The van der Waals surface area contributed by atoms with Gasteiger partial charge in [0.05, 0.1) is 0 Å². The standard InChI is InChI=1S/C11H22N6O/c1-7(2)8(5-6-18)13-10-14-9(12)15-11(16-10)17(3)4/h7-8,18H,5-6H2,1-4H3,(H3,12,13,14,15,16). The van der Waals surface area contributed by atoms with E-state index in [1.165, 1.54) is 0 Å². The zero-order chi connectivity index (χ0) is 13.7. The van der Waals surface area contributed by atoms with Crippen LogP contribution in [-0.2, 0) is 0 Å². The van der Waals surface area contributed by atoms with Crippen LogP contribution in [-0.4, -0.2) is 46.8 Å². The molecule has 0 amide bonds. The fourth-order valence-corrected chi connectivity index (χ4v) is 1.52. The van der Waals surface area contributed by atoms with Crippen LogP contribution in [0.25, 0.3) is 0 Å². The normalized spacial score (nSPS) is 12.6. The highest BCUT2D eigenvalue weighted by Crippen LogP contribution is 2.14. The third-order valence-corrected chi connectivity index (χ3v) is 2.60. The van der Waals surface area contributed by atoms with E-state index in [9.17, 15) is 0 Å². The van der Waals surface area contributed by atoms with Gasteiger partial charge < -0.3 is 21.1 Å². The van der Waals surface area contributed by atoms with Gasteiger partial charge in [0.2, 0.25) is 17.8 Å². The maximum atomic E-state index is 9.03. The van der Waals surface area contributed by atoms with Crippen LogP contribution in [0.15, 0.2) is 0 Å². The lowest BCUT2D eigenvalue weighted by atomic mass is 10.0. The van der Waals surface area contributed by atoms with Crippen molar-refractivity contribution >= 4 is 17.8 Å². The smallest absolute Gasteiger partial charge is 0.231 e. The lowest BCUT2D eigenvalue weighted by molar-refractivity contribution is 0.267. The Labute approximate surface area is 107 Å². The van der Waals surface area contributed by atoms with Crippen molar-refractivity contribution in [3.05, 3.63) is 0 Å². The van der Waals surface area contributed by atoms with Crippen LogP contribution in [0.2, 0.25) is 0 Å². The van der Waals surface area contributed by atoms with E-state index < -0.39 is 0 Å². The molecule has 1 atom stereocenters. The summed E-state index contributed by atoms with van der Waals surface area (Å²) in [6, 6.07) is 0.104. The number of hydrogen-bond donors (Lipinski definition) is 3. The van der Waals surface area contributed by atoms with E-state index in [0.29, 0.717) is 24.2 Å². The summed E-state index contributed by atoms with van der Waals surface area (Å²) in [5.41, 5.74) is 5.64. The van der Waals surface area contributed by atoms with Gasteiger partial charge >= 0.3 is 0 Å². The predicted molar refractivity (Wildman–Crippen MR) is 72.5 cm³/mol. The molecule has 1 unspecified atom stereocenters. The molecule has 1 aromatic heterocycles. The molecule has 7 heteroatoms. The number of nitrogens with two attached hydrogens (primary N) is 1. The third kappa shape index (κ3) is 3.99. The summed E-state index contributed by atoms with van der Waals surface area (Å²) in [7, 11) is 3.68. The minimum atomic E-state index is 0.104. The molecular weight excluding hydrogens is 232 g/mol. The van der Waals surface area contributed by atoms with Crippen LogP contribution >= 0.6 is 0 Å². The molecule has 0 aliphatic carbocycles. The number of hydrogen-bond acceptors (Lipinski definition) is 7. The highest BCUT2D eigenvalue weighted by molar-refractivity contribution is 5.41. The summed E-state index contributed by atoms with van der Waals surface area (Å²) in [4.78, 5) is 14.1. The number of nitrogens with zero attached hydrogens (tertiary/aromatic N) is 4. The Morgan fingerprint density at radius 3 is 2.44 bits per heavy atom. The highest BCUT2D eigenvalue weighted by Gasteiger charge is 2.15. The Bertz CT molecular complexity index is 382. The number of nitrogen functional groups attached to an aromatic ring is 1. The predicted octanol–water partition coefficient (Wildman–Crippen LogP) is 0.339. The van der Waals surface area contributed by atoms with Gasteiger partial charge in [0.1, 0.15) is 0 Å². The topological polar surface area (TPSA) is 100 Å². The van der Waals surface area contributed by atoms with Crippen LogP contribution in [0.5, 0.6) is 0 Å². The van der Waals surface area contributed by atoms with Crippen molar-refractivity contribution in [2.75, 3.05) is 36.7 Å². The van der Waals surface area contributed by atoms with Gasteiger partial charge in [0.25, 0.3) is 0 Å². The molecule has 1 aromatic rings. The zero-order valence-electron chi connectivity index (χ0n) is 11.4. The number of anilines is 3. The van der Waals surface area contributed by atoms with Crippen molar-refractivity contribution in [1.29, 1.82) is 0 Å². The molecule has 0 saturated carbocycles. The molecule has 0 aromatic carbocycles. The van der Waals surface area contributed by atoms with Gasteiger partial charge in [-0.15, -0.1) is 0 Å². The van der Waals surface area contributed by atoms with E-state index in [1.54, 1.807) is 4.90 Å². The Hall–Kier alpha value is -1.63. The van der Waals surface area contributed by atoms with Gasteiger partial charge in [0.15, 0.2) is 0 Å². The minimum absolute atomic E-state index is 0.104. The second-order valence-corrected chi connectivity index (χ2v) is 4.72. The maximum Gasteiger partial charge on any atom is 0.231 e. The molecule has 0 bridgehead atoms. The molecule has 0 aliphatic heterocycles. The van der Waals surface area contributed by atoms with Crippen LogP contribution < -0.4 is 16.0 Å². The lowest BCUT2D eigenvalue weighted by Crippen LogP contribution is -2.28. The molecule has 0 aliphatic rings. The molecule has 1 heterocycles. The van der Waals surface area contributed by atoms with Crippen molar-refractivity contribution in [2.45, 2.75) is 26.3 Å². The van der Waals surface area contributed by atoms with Crippen LogP contribution in [0.4, 0.5) is 17.8 Å². The number of nitrogens with one attached hydrogen (secondary N) is 1. The molecule has 0 fully saturated rings. The van der Waals surface area contributed by atoms with Crippen LogP contribution in [0.3, 0.4) is 0 Å². The minimum Gasteiger partial charge on any atom is -0.396 e. The number of aliphatic hydroxyl groups excluding tert-OH is 1. The highest BCUT2D eigenvalue weighted by atomic mass is 16.3. The Morgan fingerprint density at radius 2 is 1.94 bits per heavy atom. The Kier molecular flexibility index (Phi) is 5.08. The van der Waals surface area contributed by atoms with Gasteiger partial charge in [-0.05, 0) is 12.3 Å². The molecule has 102 valence electrons. The number of aromatic nitrogens is 3. The lowest BCUT2D eigenvalue weighted by Gasteiger charge is -2.22. The fourth-order valence-electron chi connectivity index (χ4n) is 1.52. The Balaban J connectivity index is 2.88. The van der Waals surface area contributed by atoms with Crippen molar-refractivity contribution < 1.29 is 5.11 Å². The largest absolute Gasteiger partial charge is 0.396 e. The first-order chi connectivity index (χ1) is 8.43. The molecular formula is C11H22N6O. The third-order valence-electron chi connectivity index (χ3n) is 2.60. The average molecular weight is 254 g/mol. The molecule has 0 spiro atoms. The van der Waals surface area contributed by atoms with Crippen molar-refractivity contribution in [2.24, 2.45) is 5.92 Å². The van der Waals surface area contributed by atoms with Crippen LogP contribution in [0.1, 0.15) is 20.3 Å². The monoisotopic (exact) mass is 254 g/mol. The average Bonchev–Trinajstić information content (AvgIpc) is 2.27. The van der Waals surface area contributed by atoms with Gasteiger partial charge in [-0.1, -0.05) is 13.8 Å². The van der Waals surface area contributed by atoms with Crippen LogP contribution in [0, 0.1) is 5.92 Å². The first kappa shape index (κ1) is 14.4. The van der Waals surface area contributed by atoms with E-state index >= 15 is 0 Å². The summed E-state index contributed by atoms with van der Waals surface area (Å²) in [6.45, 7) is 4.27. The molecule has 1 rings (SSSR count). The van der Waals surface area contributed by atoms with E-state index in [0.717, 1.165) is 0 Å². The fraction of sp³-hybridized carbons (Fsp3) is 0.727. The van der Waals surface area contributed by atoms with Gasteiger partial charge in [-0.3, -0.25) is 0 Å². The number of aliphatic hydroxyl groups is 1. The summed E-state index contributed by atoms with van der Waals surface area (Å²) in [5, 5.41) is 12.2. The summed E-state index contributed by atoms with van der Waals surface area (Å²) >= 11 is 0. The molecule has 7 nitrogen and oxygen atoms in total. The first-order valence-electron chi connectivity index (χ1n) is 6.00.